The molecule has 2 aromatic rings. The number of nitrogens with one attached hydrogen (secondary N) is 1. The van der Waals surface area contributed by atoms with Crippen LogP contribution >= 0.6 is 23.4 Å². The number of carbonyl (C=O) groups is 1. The molecule has 0 spiro atoms. The predicted molar refractivity (Wildman–Crippen MR) is 106 cm³/mol. The summed E-state index contributed by atoms with van der Waals surface area (Å²) in [6.45, 7) is 7.09. The van der Waals surface area contributed by atoms with E-state index in [1.54, 1.807) is 11.8 Å². The summed E-state index contributed by atoms with van der Waals surface area (Å²) in [7, 11) is 0. The van der Waals surface area contributed by atoms with Crippen LogP contribution in [0.5, 0.6) is 5.75 Å². The molecular formula is C20H24ClNO2S. The van der Waals surface area contributed by atoms with Crippen LogP contribution < -0.4 is 10.1 Å². The largest absolute Gasteiger partial charge is 0.492 e. The molecule has 0 bridgehead atoms. The minimum atomic E-state index is -0.122. The lowest BCUT2D eigenvalue weighted by molar-refractivity contribution is -0.120. The molecule has 0 aliphatic heterocycles. The number of carbonyl (C=O) groups excluding carboxylic acids is 1. The van der Waals surface area contributed by atoms with Gasteiger partial charge in [-0.25, -0.2) is 0 Å². The zero-order valence-electron chi connectivity index (χ0n) is 14.8. The highest BCUT2D eigenvalue weighted by atomic mass is 35.5. The third-order valence-electron chi connectivity index (χ3n) is 3.90. The summed E-state index contributed by atoms with van der Waals surface area (Å²) in [4.78, 5) is 13.4. The zero-order valence-corrected chi connectivity index (χ0v) is 16.4. The van der Waals surface area contributed by atoms with E-state index in [0.717, 1.165) is 17.1 Å². The molecule has 25 heavy (non-hydrogen) atoms. The van der Waals surface area contributed by atoms with E-state index in [1.165, 1.54) is 11.1 Å². The summed E-state index contributed by atoms with van der Waals surface area (Å²) >= 11 is 7.45. The van der Waals surface area contributed by atoms with Crippen molar-refractivity contribution in [2.75, 3.05) is 13.2 Å². The summed E-state index contributed by atoms with van der Waals surface area (Å²) in [5.41, 5.74) is 2.44. The molecule has 0 heterocycles. The molecule has 0 saturated heterocycles. The Morgan fingerprint density at radius 1 is 1.16 bits per heavy atom. The highest BCUT2D eigenvalue weighted by Gasteiger charge is 2.17. The van der Waals surface area contributed by atoms with E-state index in [9.17, 15) is 4.79 Å². The first-order valence-corrected chi connectivity index (χ1v) is 9.65. The van der Waals surface area contributed by atoms with Crippen LogP contribution in [0.1, 0.15) is 24.5 Å². The lowest BCUT2D eigenvalue weighted by Crippen LogP contribution is -2.35. The SMILES string of the molecule is CC[C@@H](Sc1ccc(Cl)cc1)C(=O)NCCOc1ccc(C)c(C)c1. The molecule has 0 fully saturated rings. The van der Waals surface area contributed by atoms with E-state index in [2.05, 4.69) is 19.2 Å². The fourth-order valence-electron chi connectivity index (χ4n) is 2.26. The molecule has 0 aliphatic rings. The third-order valence-corrected chi connectivity index (χ3v) is 5.53. The molecule has 134 valence electrons. The van der Waals surface area contributed by atoms with E-state index >= 15 is 0 Å². The van der Waals surface area contributed by atoms with Crippen molar-refractivity contribution < 1.29 is 9.53 Å². The molecule has 0 aromatic heterocycles. The van der Waals surface area contributed by atoms with Crippen molar-refractivity contribution in [1.29, 1.82) is 0 Å². The molecule has 1 N–H and O–H groups in total. The van der Waals surface area contributed by atoms with E-state index in [-0.39, 0.29) is 11.2 Å². The number of ether oxygens (including phenoxy) is 1. The normalized spacial score (nSPS) is 11.8. The second kappa shape index (κ2) is 9.73. The predicted octanol–water partition coefficient (Wildman–Crippen LogP) is 5.02. The second-order valence-corrected chi connectivity index (χ2v) is 7.57. The Kier molecular flexibility index (Phi) is 7.66. The van der Waals surface area contributed by atoms with Gasteiger partial charge in [-0.3, -0.25) is 4.79 Å². The van der Waals surface area contributed by atoms with Gasteiger partial charge in [0.25, 0.3) is 0 Å². The average Bonchev–Trinajstić information content (AvgIpc) is 2.61. The fourth-order valence-corrected chi connectivity index (χ4v) is 3.37. The number of aryl methyl sites for hydroxylation is 2. The first-order chi connectivity index (χ1) is 12.0. The van der Waals surface area contributed by atoms with Gasteiger partial charge < -0.3 is 10.1 Å². The van der Waals surface area contributed by atoms with Gasteiger partial charge in [-0.05, 0) is 67.8 Å². The molecule has 0 radical (unpaired) electrons. The number of halogens is 1. The smallest absolute Gasteiger partial charge is 0.233 e. The standard InChI is InChI=1S/C20H24ClNO2S/c1-4-19(25-18-9-6-16(21)7-10-18)20(23)22-11-12-24-17-8-5-14(2)15(3)13-17/h5-10,13,19H,4,11-12H2,1-3H3,(H,22,23)/t19-/m1/s1. The minimum Gasteiger partial charge on any atom is -0.492 e. The maximum atomic E-state index is 12.3. The highest BCUT2D eigenvalue weighted by Crippen LogP contribution is 2.26. The third kappa shape index (κ3) is 6.29. The van der Waals surface area contributed by atoms with Crippen molar-refractivity contribution in [3.05, 3.63) is 58.6 Å². The van der Waals surface area contributed by atoms with E-state index in [4.69, 9.17) is 16.3 Å². The molecule has 0 saturated carbocycles. The van der Waals surface area contributed by atoms with Crippen molar-refractivity contribution in [3.8, 4) is 5.75 Å². The van der Waals surface area contributed by atoms with Crippen molar-refractivity contribution in [2.45, 2.75) is 37.3 Å². The number of rotatable bonds is 8. The molecule has 2 rings (SSSR count). The quantitative estimate of drug-likeness (QED) is 0.518. The lowest BCUT2D eigenvalue weighted by atomic mass is 10.1. The Balaban J connectivity index is 1.77. The molecule has 0 unspecified atom stereocenters. The van der Waals surface area contributed by atoms with Gasteiger partial charge in [-0.15, -0.1) is 11.8 Å². The van der Waals surface area contributed by atoms with Crippen molar-refractivity contribution >= 4 is 29.3 Å². The highest BCUT2D eigenvalue weighted by molar-refractivity contribution is 8.00. The summed E-state index contributed by atoms with van der Waals surface area (Å²) in [5, 5.41) is 3.53. The Morgan fingerprint density at radius 2 is 1.88 bits per heavy atom. The first-order valence-electron chi connectivity index (χ1n) is 8.39. The van der Waals surface area contributed by atoms with Gasteiger partial charge >= 0.3 is 0 Å². The summed E-state index contributed by atoms with van der Waals surface area (Å²) in [6, 6.07) is 13.6. The van der Waals surface area contributed by atoms with Gasteiger partial charge in [0, 0.05) is 9.92 Å². The minimum absolute atomic E-state index is 0.0335. The molecular weight excluding hydrogens is 354 g/mol. The maximum absolute atomic E-state index is 12.3. The van der Waals surface area contributed by atoms with Crippen LogP contribution in [0.15, 0.2) is 47.4 Å². The number of thioether (sulfide) groups is 1. The maximum Gasteiger partial charge on any atom is 0.233 e. The van der Waals surface area contributed by atoms with Gasteiger partial charge in [0.05, 0.1) is 11.8 Å². The summed E-state index contributed by atoms with van der Waals surface area (Å²) < 4.78 is 5.70. The van der Waals surface area contributed by atoms with Crippen molar-refractivity contribution in [3.63, 3.8) is 0 Å². The van der Waals surface area contributed by atoms with Crippen LogP contribution in [0.4, 0.5) is 0 Å². The Hall–Kier alpha value is -1.65. The van der Waals surface area contributed by atoms with E-state index < -0.39 is 0 Å². The van der Waals surface area contributed by atoms with Crippen LogP contribution in [0.25, 0.3) is 0 Å². The number of hydrogen-bond donors (Lipinski definition) is 1. The molecule has 5 heteroatoms. The van der Waals surface area contributed by atoms with Gasteiger partial charge in [-0.1, -0.05) is 24.6 Å². The number of benzene rings is 2. The van der Waals surface area contributed by atoms with Crippen LogP contribution in [-0.4, -0.2) is 24.3 Å². The Morgan fingerprint density at radius 3 is 2.52 bits per heavy atom. The van der Waals surface area contributed by atoms with Crippen LogP contribution in [0.2, 0.25) is 5.02 Å². The zero-order chi connectivity index (χ0) is 18.2. The van der Waals surface area contributed by atoms with Crippen LogP contribution in [-0.2, 0) is 4.79 Å². The van der Waals surface area contributed by atoms with Crippen molar-refractivity contribution in [1.82, 2.24) is 5.32 Å². The van der Waals surface area contributed by atoms with Crippen LogP contribution in [0, 0.1) is 13.8 Å². The summed E-state index contributed by atoms with van der Waals surface area (Å²) in [6.07, 6.45) is 0.761. The monoisotopic (exact) mass is 377 g/mol. The van der Waals surface area contributed by atoms with Crippen molar-refractivity contribution in [2.24, 2.45) is 0 Å². The van der Waals surface area contributed by atoms with Gasteiger partial charge in [-0.2, -0.15) is 0 Å². The summed E-state index contributed by atoms with van der Waals surface area (Å²) in [5.74, 6) is 0.867. The average molecular weight is 378 g/mol. The molecule has 2 aromatic carbocycles. The first kappa shape index (κ1) is 19.7. The molecule has 1 amide bonds. The fraction of sp³-hybridized carbons (Fsp3) is 0.350. The topological polar surface area (TPSA) is 38.3 Å². The second-order valence-electron chi connectivity index (χ2n) is 5.85. The molecule has 3 nitrogen and oxygen atoms in total. The van der Waals surface area contributed by atoms with E-state index in [1.807, 2.05) is 49.4 Å². The lowest BCUT2D eigenvalue weighted by Gasteiger charge is -2.15. The Bertz CT molecular complexity index is 703. The van der Waals surface area contributed by atoms with Gasteiger partial charge in [0.1, 0.15) is 12.4 Å². The van der Waals surface area contributed by atoms with Gasteiger partial charge in [0.2, 0.25) is 5.91 Å². The van der Waals surface area contributed by atoms with E-state index in [0.29, 0.717) is 18.2 Å². The molecule has 0 aliphatic carbocycles. The number of amides is 1. The Labute approximate surface area is 159 Å². The number of hydrogen-bond acceptors (Lipinski definition) is 3. The van der Waals surface area contributed by atoms with Crippen LogP contribution in [0.3, 0.4) is 0 Å². The van der Waals surface area contributed by atoms with Gasteiger partial charge in [0.15, 0.2) is 0 Å². The molecule has 1 atom stereocenters.